The molecule has 17 heteroatoms. The second kappa shape index (κ2) is 12.8. The molecular weight excluding hydrogens is 566 g/mol. The SMILES string of the molecule is CN(O)c1nc(N2CCN(C(=O)OC(C)(C)C)CC2)nc(N(C)c2cn(CCCNS(=O)(=O)c3ccccc3)nn2)n1. The number of carbonyl (C=O) groups is 1. The van der Waals surface area contributed by atoms with Gasteiger partial charge in [-0.25, -0.2) is 23.0 Å². The first-order valence-electron chi connectivity index (χ1n) is 13.4. The number of anilines is 4. The second-order valence-corrected chi connectivity index (χ2v) is 12.4. The van der Waals surface area contributed by atoms with Gasteiger partial charge in [0, 0.05) is 53.4 Å². The molecule has 0 unspecified atom stereocenters. The highest BCUT2D eigenvalue weighted by atomic mass is 32.2. The minimum Gasteiger partial charge on any atom is -0.444 e. The Kier molecular flexibility index (Phi) is 9.43. The number of amides is 1. The van der Waals surface area contributed by atoms with Crippen LogP contribution in [0.15, 0.2) is 41.4 Å². The van der Waals surface area contributed by atoms with Gasteiger partial charge in [0.15, 0.2) is 5.82 Å². The molecule has 0 saturated carbocycles. The smallest absolute Gasteiger partial charge is 0.410 e. The maximum atomic E-state index is 12.4. The van der Waals surface area contributed by atoms with Crippen LogP contribution < -0.4 is 19.6 Å². The number of hydrogen-bond donors (Lipinski definition) is 2. The summed E-state index contributed by atoms with van der Waals surface area (Å²) in [7, 11) is -0.459. The van der Waals surface area contributed by atoms with Gasteiger partial charge in [-0.05, 0) is 39.3 Å². The molecule has 3 aromatic rings. The van der Waals surface area contributed by atoms with Crippen molar-refractivity contribution in [3.05, 3.63) is 36.5 Å². The van der Waals surface area contributed by atoms with E-state index in [0.29, 0.717) is 50.9 Å². The van der Waals surface area contributed by atoms with Crippen LogP contribution in [0.3, 0.4) is 0 Å². The van der Waals surface area contributed by atoms with Gasteiger partial charge in [-0.1, -0.05) is 23.4 Å². The summed E-state index contributed by atoms with van der Waals surface area (Å²) in [5.41, 5.74) is -0.579. The van der Waals surface area contributed by atoms with E-state index in [0.717, 1.165) is 5.06 Å². The van der Waals surface area contributed by atoms with E-state index in [1.165, 1.54) is 7.05 Å². The van der Waals surface area contributed by atoms with E-state index in [1.54, 1.807) is 58.1 Å². The highest BCUT2D eigenvalue weighted by Gasteiger charge is 2.28. The molecule has 42 heavy (non-hydrogen) atoms. The number of hydroxylamine groups is 1. The second-order valence-electron chi connectivity index (χ2n) is 10.7. The lowest BCUT2D eigenvalue weighted by atomic mass is 10.2. The van der Waals surface area contributed by atoms with E-state index in [1.807, 2.05) is 25.7 Å². The zero-order valence-electron chi connectivity index (χ0n) is 24.4. The minimum atomic E-state index is -3.58. The molecule has 3 heterocycles. The Morgan fingerprint density at radius 3 is 2.36 bits per heavy atom. The molecule has 0 atom stereocenters. The van der Waals surface area contributed by atoms with Crippen LogP contribution in [0.25, 0.3) is 0 Å². The van der Waals surface area contributed by atoms with Crippen molar-refractivity contribution < 1.29 is 23.2 Å². The molecule has 1 aliphatic heterocycles. The molecule has 1 aliphatic rings. The first-order valence-corrected chi connectivity index (χ1v) is 14.9. The number of nitrogens with one attached hydrogen (secondary N) is 1. The highest BCUT2D eigenvalue weighted by Crippen LogP contribution is 2.23. The van der Waals surface area contributed by atoms with Crippen molar-refractivity contribution in [3.63, 3.8) is 0 Å². The number of rotatable bonds is 10. The summed E-state index contributed by atoms with van der Waals surface area (Å²) in [5, 5.41) is 19.2. The Hall–Kier alpha value is -4.09. The summed E-state index contributed by atoms with van der Waals surface area (Å²) in [6, 6.07) is 8.18. The van der Waals surface area contributed by atoms with Gasteiger partial charge < -0.3 is 14.5 Å². The summed E-state index contributed by atoms with van der Waals surface area (Å²) >= 11 is 0. The number of sulfonamides is 1. The average Bonchev–Trinajstić information content (AvgIpc) is 3.43. The molecule has 0 bridgehead atoms. The third-order valence-electron chi connectivity index (χ3n) is 6.18. The Labute approximate surface area is 244 Å². The molecule has 0 aliphatic carbocycles. The lowest BCUT2D eigenvalue weighted by molar-refractivity contribution is 0.0240. The van der Waals surface area contributed by atoms with E-state index in [2.05, 4.69) is 30.0 Å². The van der Waals surface area contributed by atoms with Crippen molar-refractivity contribution in [3.8, 4) is 0 Å². The fourth-order valence-electron chi connectivity index (χ4n) is 3.98. The lowest BCUT2D eigenvalue weighted by Gasteiger charge is -2.35. The molecule has 228 valence electrons. The average molecular weight is 604 g/mol. The molecular formula is C25H37N11O5S. The van der Waals surface area contributed by atoms with Crippen LogP contribution >= 0.6 is 0 Å². The number of ether oxygens (including phenoxy) is 1. The van der Waals surface area contributed by atoms with Crippen molar-refractivity contribution in [1.29, 1.82) is 0 Å². The van der Waals surface area contributed by atoms with Crippen LogP contribution in [-0.4, -0.2) is 107 Å². The maximum Gasteiger partial charge on any atom is 0.410 e. The molecule has 1 aromatic carbocycles. The van der Waals surface area contributed by atoms with Crippen molar-refractivity contribution in [2.45, 2.75) is 44.2 Å². The Morgan fingerprint density at radius 1 is 1.05 bits per heavy atom. The zero-order valence-corrected chi connectivity index (χ0v) is 25.2. The van der Waals surface area contributed by atoms with Gasteiger partial charge in [0.1, 0.15) is 5.60 Å². The third-order valence-corrected chi connectivity index (χ3v) is 7.66. The fourth-order valence-corrected chi connectivity index (χ4v) is 5.07. The predicted octanol–water partition coefficient (Wildman–Crippen LogP) is 1.48. The van der Waals surface area contributed by atoms with Crippen molar-refractivity contribution in [2.24, 2.45) is 0 Å². The summed E-state index contributed by atoms with van der Waals surface area (Å²) in [4.78, 5) is 31.1. The summed E-state index contributed by atoms with van der Waals surface area (Å²) in [5.74, 6) is 1.05. The summed E-state index contributed by atoms with van der Waals surface area (Å²) in [6.07, 6.45) is 1.81. The molecule has 1 fully saturated rings. The van der Waals surface area contributed by atoms with Gasteiger partial charge in [0.05, 0.1) is 11.1 Å². The molecule has 4 rings (SSSR count). The number of piperazine rings is 1. The Balaban J connectivity index is 1.38. The summed E-state index contributed by atoms with van der Waals surface area (Å²) < 4.78 is 34.4. The van der Waals surface area contributed by atoms with E-state index < -0.39 is 15.6 Å². The van der Waals surface area contributed by atoms with Gasteiger partial charge in [-0.2, -0.15) is 15.0 Å². The van der Waals surface area contributed by atoms with Crippen molar-refractivity contribution in [2.75, 3.05) is 61.7 Å². The van der Waals surface area contributed by atoms with Gasteiger partial charge in [-0.3, -0.25) is 14.8 Å². The molecule has 1 saturated heterocycles. The Morgan fingerprint density at radius 2 is 1.71 bits per heavy atom. The van der Waals surface area contributed by atoms with Crippen LogP contribution in [0.1, 0.15) is 27.2 Å². The normalized spacial score (nSPS) is 14.1. The first kappa shape index (κ1) is 30.9. The number of aromatic nitrogens is 6. The first-order chi connectivity index (χ1) is 19.8. The third kappa shape index (κ3) is 8.01. The maximum absolute atomic E-state index is 12.4. The molecule has 2 N–H and O–H groups in total. The van der Waals surface area contributed by atoms with E-state index in [-0.39, 0.29) is 29.4 Å². The van der Waals surface area contributed by atoms with E-state index in [4.69, 9.17) is 4.74 Å². The fraction of sp³-hybridized carbons (Fsp3) is 0.520. The molecule has 16 nitrogen and oxygen atoms in total. The molecule has 1 amide bonds. The van der Waals surface area contributed by atoms with Gasteiger partial charge in [0.2, 0.25) is 21.9 Å². The molecule has 0 radical (unpaired) electrons. The standard InChI is InChI=1S/C25H37N11O5S/c1-25(2,3)41-24(37)35-16-14-34(15-17-35)23-28-21(27-22(29-23)33(5)38)32(4)20-18-36(31-30-20)13-9-12-26-42(39,40)19-10-7-6-8-11-19/h6-8,10-11,18,26,38H,9,12-17H2,1-5H3. The monoisotopic (exact) mass is 603 g/mol. The quantitative estimate of drug-likeness (QED) is 0.252. The van der Waals surface area contributed by atoms with E-state index in [9.17, 15) is 18.4 Å². The number of hydrogen-bond acceptors (Lipinski definition) is 13. The van der Waals surface area contributed by atoms with Gasteiger partial charge in [-0.15, -0.1) is 5.10 Å². The number of carbonyl (C=O) groups excluding carboxylic acids is 1. The van der Waals surface area contributed by atoms with Crippen LogP contribution in [0.2, 0.25) is 0 Å². The van der Waals surface area contributed by atoms with Crippen LogP contribution in [0.4, 0.5) is 28.5 Å². The minimum absolute atomic E-state index is 0.0366. The van der Waals surface area contributed by atoms with Gasteiger partial charge >= 0.3 is 6.09 Å². The topological polar surface area (TPSA) is 175 Å². The Bertz CT molecular complexity index is 1450. The van der Waals surface area contributed by atoms with Crippen LogP contribution in [0.5, 0.6) is 0 Å². The van der Waals surface area contributed by atoms with Gasteiger partial charge in [0.25, 0.3) is 5.95 Å². The molecule has 2 aromatic heterocycles. The zero-order chi connectivity index (χ0) is 30.5. The highest BCUT2D eigenvalue weighted by molar-refractivity contribution is 7.89. The number of aryl methyl sites for hydroxylation is 1. The number of nitrogens with zero attached hydrogens (tertiary/aromatic N) is 10. The van der Waals surface area contributed by atoms with Crippen molar-refractivity contribution in [1.82, 2.24) is 39.6 Å². The van der Waals surface area contributed by atoms with Crippen LogP contribution in [0, 0.1) is 0 Å². The van der Waals surface area contributed by atoms with E-state index >= 15 is 0 Å². The van der Waals surface area contributed by atoms with Crippen LogP contribution in [-0.2, 0) is 21.3 Å². The van der Waals surface area contributed by atoms with Crippen molar-refractivity contribution >= 4 is 39.8 Å². The largest absolute Gasteiger partial charge is 0.444 e. The summed E-state index contributed by atoms with van der Waals surface area (Å²) in [6.45, 7) is 7.90. The number of benzene rings is 1. The molecule has 0 spiro atoms. The lowest BCUT2D eigenvalue weighted by Crippen LogP contribution is -2.50. The predicted molar refractivity (Wildman–Crippen MR) is 154 cm³/mol.